The summed E-state index contributed by atoms with van der Waals surface area (Å²) in [5.74, 6) is 0.419. The molecule has 2 aromatic carbocycles. The zero-order chi connectivity index (χ0) is 22.5. The van der Waals surface area contributed by atoms with Crippen LogP contribution in [0.5, 0.6) is 0 Å². The molecule has 0 saturated heterocycles. The highest BCUT2D eigenvalue weighted by molar-refractivity contribution is 7.09. The second kappa shape index (κ2) is 10.4. The first-order valence-electron chi connectivity index (χ1n) is 11.5. The lowest BCUT2D eigenvalue weighted by Gasteiger charge is -2.29. The van der Waals surface area contributed by atoms with Crippen LogP contribution < -0.4 is 5.73 Å². The SMILES string of the molecule is CN(CCCCc1nc(-c2cccc3ccccc23)cs1)C(=O)C(N)C1CCC(=O)CC1. The van der Waals surface area contributed by atoms with Gasteiger partial charge in [0.05, 0.1) is 16.7 Å². The molecule has 1 saturated carbocycles. The van der Waals surface area contributed by atoms with Crippen LogP contribution in [-0.4, -0.2) is 41.2 Å². The number of likely N-dealkylation sites (N-methyl/N-ethyl adjacent to an activating group) is 1. The molecule has 1 heterocycles. The van der Waals surface area contributed by atoms with Crippen LogP contribution in [0.15, 0.2) is 47.8 Å². The number of Topliss-reactive ketones (excluding diaryl/α,β-unsaturated/α-hetero) is 1. The molecule has 1 aromatic heterocycles. The van der Waals surface area contributed by atoms with Gasteiger partial charge in [0.15, 0.2) is 0 Å². The molecule has 4 rings (SSSR count). The molecule has 2 N–H and O–H groups in total. The Morgan fingerprint density at radius 2 is 1.91 bits per heavy atom. The second-order valence-electron chi connectivity index (χ2n) is 8.77. The van der Waals surface area contributed by atoms with Crippen molar-refractivity contribution in [3.05, 3.63) is 52.9 Å². The molecule has 0 radical (unpaired) electrons. The fraction of sp³-hybridized carbons (Fsp3) is 0.423. The number of nitrogens with two attached hydrogens (primary N) is 1. The summed E-state index contributed by atoms with van der Waals surface area (Å²) in [7, 11) is 1.83. The Morgan fingerprint density at radius 3 is 2.72 bits per heavy atom. The Labute approximate surface area is 193 Å². The van der Waals surface area contributed by atoms with Crippen LogP contribution in [-0.2, 0) is 16.0 Å². The number of aromatic nitrogens is 1. The average molecular weight is 450 g/mol. The molecular weight excluding hydrogens is 418 g/mol. The zero-order valence-corrected chi connectivity index (χ0v) is 19.4. The van der Waals surface area contributed by atoms with E-state index in [0.29, 0.717) is 25.2 Å². The average Bonchev–Trinajstić information content (AvgIpc) is 3.29. The Morgan fingerprint density at radius 1 is 1.16 bits per heavy atom. The predicted molar refractivity (Wildman–Crippen MR) is 131 cm³/mol. The second-order valence-corrected chi connectivity index (χ2v) is 9.71. The summed E-state index contributed by atoms with van der Waals surface area (Å²) in [6.45, 7) is 0.694. The van der Waals surface area contributed by atoms with Gasteiger partial charge in [-0.1, -0.05) is 42.5 Å². The topological polar surface area (TPSA) is 76.3 Å². The van der Waals surface area contributed by atoms with E-state index in [1.807, 2.05) is 7.05 Å². The summed E-state index contributed by atoms with van der Waals surface area (Å²) < 4.78 is 0. The maximum atomic E-state index is 12.7. The van der Waals surface area contributed by atoms with Gasteiger partial charge in [0, 0.05) is 37.4 Å². The van der Waals surface area contributed by atoms with E-state index in [0.717, 1.165) is 42.8 Å². The fourth-order valence-electron chi connectivity index (χ4n) is 4.51. The summed E-state index contributed by atoms with van der Waals surface area (Å²) in [6, 6.07) is 14.3. The number of ketones is 1. The van der Waals surface area contributed by atoms with Crippen molar-refractivity contribution in [2.75, 3.05) is 13.6 Å². The van der Waals surface area contributed by atoms with E-state index in [4.69, 9.17) is 10.7 Å². The van der Waals surface area contributed by atoms with E-state index in [-0.39, 0.29) is 11.8 Å². The van der Waals surface area contributed by atoms with Gasteiger partial charge in [-0.25, -0.2) is 4.98 Å². The highest BCUT2D eigenvalue weighted by Gasteiger charge is 2.30. The number of aryl methyl sites for hydroxylation is 1. The Balaban J connectivity index is 1.26. The number of amides is 1. The van der Waals surface area contributed by atoms with Crippen LogP contribution >= 0.6 is 11.3 Å². The summed E-state index contributed by atoms with van der Waals surface area (Å²) in [5.41, 5.74) is 8.43. The number of carbonyl (C=O) groups is 2. The van der Waals surface area contributed by atoms with Gasteiger partial charge >= 0.3 is 0 Å². The Kier molecular flexibility index (Phi) is 7.33. The molecule has 1 atom stereocenters. The van der Waals surface area contributed by atoms with Gasteiger partial charge in [-0.3, -0.25) is 9.59 Å². The zero-order valence-electron chi connectivity index (χ0n) is 18.6. The standard InChI is InChI=1S/C26H31N3O2S/c1-29(26(31)25(27)19-12-14-20(30)15-13-19)16-5-4-11-24-28-23(17-32-24)22-10-6-8-18-7-2-3-9-21(18)22/h2-3,6-10,17,19,25H,4-5,11-16,27H2,1H3. The van der Waals surface area contributed by atoms with Gasteiger partial charge in [-0.15, -0.1) is 11.3 Å². The minimum atomic E-state index is -0.490. The third-order valence-electron chi connectivity index (χ3n) is 6.51. The molecule has 1 unspecified atom stereocenters. The molecule has 1 amide bonds. The van der Waals surface area contributed by atoms with E-state index in [2.05, 4.69) is 47.8 Å². The quantitative estimate of drug-likeness (QED) is 0.500. The van der Waals surface area contributed by atoms with Gasteiger partial charge in [0.2, 0.25) is 5.91 Å². The van der Waals surface area contributed by atoms with Crippen molar-refractivity contribution in [2.45, 2.75) is 51.0 Å². The van der Waals surface area contributed by atoms with Crippen molar-refractivity contribution in [1.29, 1.82) is 0 Å². The summed E-state index contributed by atoms with van der Waals surface area (Å²) in [5, 5.41) is 5.72. The minimum Gasteiger partial charge on any atom is -0.344 e. The number of benzene rings is 2. The summed E-state index contributed by atoms with van der Waals surface area (Å²) in [6.07, 6.45) is 5.40. The van der Waals surface area contributed by atoms with E-state index < -0.39 is 6.04 Å². The van der Waals surface area contributed by atoms with E-state index in [1.54, 1.807) is 16.2 Å². The molecule has 0 bridgehead atoms. The molecule has 1 aliphatic carbocycles. The first-order valence-corrected chi connectivity index (χ1v) is 12.4. The molecule has 3 aromatic rings. The van der Waals surface area contributed by atoms with Crippen LogP contribution in [0, 0.1) is 5.92 Å². The lowest BCUT2D eigenvalue weighted by molar-refractivity contribution is -0.134. The number of rotatable bonds is 8. The summed E-state index contributed by atoms with van der Waals surface area (Å²) in [4.78, 5) is 30.7. The van der Waals surface area contributed by atoms with Crippen LogP contribution in [0.25, 0.3) is 22.0 Å². The molecule has 0 spiro atoms. The molecule has 0 aliphatic heterocycles. The smallest absolute Gasteiger partial charge is 0.239 e. The molecule has 1 aliphatic rings. The van der Waals surface area contributed by atoms with Crippen LogP contribution in [0.3, 0.4) is 0 Å². The lowest BCUT2D eigenvalue weighted by atomic mass is 9.83. The highest BCUT2D eigenvalue weighted by atomic mass is 32.1. The minimum absolute atomic E-state index is 0.00293. The van der Waals surface area contributed by atoms with Crippen molar-refractivity contribution >= 4 is 33.8 Å². The lowest BCUT2D eigenvalue weighted by Crippen LogP contribution is -2.47. The van der Waals surface area contributed by atoms with Crippen LogP contribution in [0.4, 0.5) is 0 Å². The normalized spacial score (nSPS) is 15.8. The maximum Gasteiger partial charge on any atom is 0.239 e. The number of unbranched alkanes of at least 4 members (excludes halogenated alkanes) is 1. The van der Waals surface area contributed by atoms with Crippen LogP contribution in [0.1, 0.15) is 43.5 Å². The van der Waals surface area contributed by atoms with Crippen molar-refractivity contribution in [1.82, 2.24) is 9.88 Å². The Hall–Kier alpha value is -2.57. The number of carbonyl (C=O) groups excluding carboxylic acids is 2. The molecule has 32 heavy (non-hydrogen) atoms. The maximum absolute atomic E-state index is 12.7. The van der Waals surface area contributed by atoms with E-state index in [9.17, 15) is 9.59 Å². The first kappa shape index (κ1) is 22.6. The number of nitrogens with zero attached hydrogens (tertiary/aromatic N) is 2. The van der Waals surface area contributed by atoms with Gasteiger partial charge in [0.1, 0.15) is 5.78 Å². The Bertz CT molecular complexity index is 1080. The van der Waals surface area contributed by atoms with Gasteiger partial charge < -0.3 is 10.6 Å². The fourth-order valence-corrected chi connectivity index (χ4v) is 5.35. The third kappa shape index (κ3) is 5.25. The first-order chi connectivity index (χ1) is 15.5. The van der Waals surface area contributed by atoms with Crippen molar-refractivity contribution < 1.29 is 9.59 Å². The van der Waals surface area contributed by atoms with Crippen molar-refractivity contribution in [3.63, 3.8) is 0 Å². The highest BCUT2D eigenvalue weighted by Crippen LogP contribution is 2.30. The molecule has 5 nitrogen and oxygen atoms in total. The number of thiazole rings is 1. The van der Waals surface area contributed by atoms with Gasteiger partial charge in [-0.2, -0.15) is 0 Å². The molecule has 6 heteroatoms. The number of hydrogen-bond acceptors (Lipinski definition) is 5. The van der Waals surface area contributed by atoms with Crippen LogP contribution in [0.2, 0.25) is 0 Å². The number of hydrogen-bond donors (Lipinski definition) is 1. The summed E-state index contributed by atoms with van der Waals surface area (Å²) >= 11 is 1.70. The van der Waals surface area contributed by atoms with E-state index >= 15 is 0 Å². The molecule has 168 valence electrons. The number of fused-ring (bicyclic) bond motifs is 1. The predicted octanol–water partition coefficient (Wildman–Crippen LogP) is 4.83. The third-order valence-corrected chi connectivity index (χ3v) is 7.42. The monoisotopic (exact) mass is 449 g/mol. The van der Waals surface area contributed by atoms with Gasteiger partial charge in [0.25, 0.3) is 0 Å². The molecular formula is C26H31N3O2S. The molecule has 1 fully saturated rings. The largest absolute Gasteiger partial charge is 0.344 e. The van der Waals surface area contributed by atoms with Gasteiger partial charge in [-0.05, 0) is 48.8 Å². The van der Waals surface area contributed by atoms with Crippen molar-refractivity contribution in [3.8, 4) is 11.3 Å². The van der Waals surface area contributed by atoms with E-state index in [1.165, 1.54) is 16.3 Å². The van der Waals surface area contributed by atoms with Crippen molar-refractivity contribution in [2.24, 2.45) is 11.7 Å².